The summed E-state index contributed by atoms with van der Waals surface area (Å²) in [7, 11) is 3.01. The molecule has 0 unspecified atom stereocenters. The van der Waals surface area contributed by atoms with Crippen LogP contribution in [0.25, 0.3) is 11.3 Å². The van der Waals surface area contributed by atoms with E-state index in [9.17, 15) is 9.18 Å². The largest absolute Gasteiger partial charge is 0.465 e. The Morgan fingerprint density at radius 3 is 2.76 bits per heavy atom. The fourth-order valence-electron chi connectivity index (χ4n) is 2.35. The molecule has 8 heteroatoms. The van der Waals surface area contributed by atoms with Gasteiger partial charge in [-0.05, 0) is 24.6 Å². The van der Waals surface area contributed by atoms with Gasteiger partial charge >= 0.3 is 5.97 Å². The number of aryl methyl sites for hydroxylation is 2. The Balaban J connectivity index is 1.95. The fourth-order valence-corrected chi connectivity index (χ4v) is 2.35. The molecule has 2 heterocycles. The molecule has 25 heavy (non-hydrogen) atoms. The number of ether oxygens (including phenoxy) is 1. The number of carbonyl (C=O) groups is 1. The maximum absolute atomic E-state index is 14.2. The lowest BCUT2D eigenvalue weighted by atomic mass is 10.1. The molecule has 0 amide bonds. The van der Waals surface area contributed by atoms with Crippen LogP contribution in [-0.4, -0.2) is 32.8 Å². The van der Waals surface area contributed by atoms with Crippen molar-refractivity contribution in [2.45, 2.75) is 6.92 Å². The lowest BCUT2D eigenvalue weighted by Crippen LogP contribution is -2.05. The Morgan fingerprint density at radius 1 is 1.32 bits per heavy atom. The van der Waals surface area contributed by atoms with Crippen LogP contribution in [0.2, 0.25) is 0 Å². The van der Waals surface area contributed by atoms with E-state index in [4.69, 9.17) is 0 Å². The molecule has 3 aromatic rings. The second kappa shape index (κ2) is 6.68. The summed E-state index contributed by atoms with van der Waals surface area (Å²) < 4.78 is 20.4. The first-order valence-corrected chi connectivity index (χ1v) is 7.45. The SMILES string of the molecule is COC(=O)c1ccc(-c2nc(Nc3cnn(C)c3)ncc2C)cc1F. The third-order valence-electron chi connectivity index (χ3n) is 3.58. The van der Waals surface area contributed by atoms with Crippen molar-refractivity contribution in [2.24, 2.45) is 7.05 Å². The minimum atomic E-state index is -0.720. The number of esters is 1. The molecule has 0 spiro atoms. The minimum absolute atomic E-state index is 0.119. The smallest absolute Gasteiger partial charge is 0.340 e. The van der Waals surface area contributed by atoms with Crippen LogP contribution in [0.15, 0.2) is 36.8 Å². The van der Waals surface area contributed by atoms with Gasteiger partial charge in [-0.25, -0.2) is 19.2 Å². The fraction of sp³-hybridized carbons (Fsp3) is 0.176. The number of hydrogen-bond acceptors (Lipinski definition) is 6. The Bertz CT molecular complexity index is 939. The van der Waals surface area contributed by atoms with Crippen LogP contribution < -0.4 is 5.32 Å². The van der Waals surface area contributed by atoms with E-state index in [0.29, 0.717) is 17.2 Å². The van der Waals surface area contributed by atoms with Gasteiger partial charge in [-0.3, -0.25) is 4.68 Å². The molecule has 1 N–H and O–H groups in total. The highest BCUT2D eigenvalue weighted by Crippen LogP contribution is 2.25. The molecule has 0 saturated carbocycles. The second-order valence-corrected chi connectivity index (χ2v) is 5.44. The van der Waals surface area contributed by atoms with Crippen molar-refractivity contribution in [1.82, 2.24) is 19.7 Å². The van der Waals surface area contributed by atoms with Crippen molar-refractivity contribution in [3.05, 3.63) is 53.7 Å². The number of halogens is 1. The lowest BCUT2D eigenvalue weighted by Gasteiger charge is -2.09. The predicted octanol–water partition coefficient (Wildman–Crippen LogP) is 2.85. The molecule has 128 valence electrons. The zero-order chi connectivity index (χ0) is 18.0. The van der Waals surface area contributed by atoms with E-state index in [2.05, 4.69) is 25.1 Å². The Morgan fingerprint density at radius 2 is 2.12 bits per heavy atom. The molecule has 0 bridgehead atoms. The molecule has 0 saturated heterocycles. The quantitative estimate of drug-likeness (QED) is 0.735. The van der Waals surface area contributed by atoms with Gasteiger partial charge in [-0.2, -0.15) is 5.10 Å². The van der Waals surface area contributed by atoms with Gasteiger partial charge in [0.2, 0.25) is 5.95 Å². The summed E-state index contributed by atoms with van der Waals surface area (Å²) in [6.45, 7) is 1.83. The van der Waals surface area contributed by atoms with E-state index in [1.54, 1.807) is 36.4 Å². The molecule has 0 atom stereocenters. The van der Waals surface area contributed by atoms with Gasteiger partial charge in [-0.1, -0.05) is 6.07 Å². The summed E-state index contributed by atoms with van der Waals surface area (Å²) in [5.41, 5.74) is 2.51. The number of nitrogens with one attached hydrogen (secondary N) is 1. The van der Waals surface area contributed by atoms with Crippen LogP contribution in [0.1, 0.15) is 15.9 Å². The molecule has 7 nitrogen and oxygen atoms in total. The molecule has 0 fully saturated rings. The molecular formula is C17H16FN5O2. The first-order chi connectivity index (χ1) is 12.0. The van der Waals surface area contributed by atoms with Gasteiger partial charge in [0.25, 0.3) is 0 Å². The number of rotatable bonds is 4. The standard InChI is InChI=1S/C17H16FN5O2/c1-10-7-19-17(21-12-8-20-23(2)9-12)22-15(10)11-4-5-13(14(18)6-11)16(24)25-3/h4-9H,1-3H3,(H,19,21,22). The summed E-state index contributed by atoms with van der Waals surface area (Å²) in [4.78, 5) is 20.2. The summed E-state index contributed by atoms with van der Waals surface area (Å²) >= 11 is 0. The number of carbonyl (C=O) groups excluding carboxylic acids is 1. The average molecular weight is 341 g/mol. The molecule has 3 rings (SSSR count). The molecule has 2 aromatic heterocycles. The van der Waals surface area contributed by atoms with E-state index in [-0.39, 0.29) is 5.56 Å². The average Bonchev–Trinajstić information content (AvgIpc) is 3.00. The van der Waals surface area contributed by atoms with Crippen LogP contribution in [-0.2, 0) is 11.8 Å². The van der Waals surface area contributed by atoms with Crippen molar-refractivity contribution in [3.8, 4) is 11.3 Å². The van der Waals surface area contributed by atoms with Gasteiger partial charge in [0.05, 0.1) is 30.3 Å². The van der Waals surface area contributed by atoms with Crippen LogP contribution in [0.5, 0.6) is 0 Å². The molecular weight excluding hydrogens is 325 g/mol. The first kappa shape index (κ1) is 16.6. The van der Waals surface area contributed by atoms with Crippen LogP contribution in [0.3, 0.4) is 0 Å². The zero-order valence-electron chi connectivity index (χ0n) is 13.9. The number of anilines is 2. The Hall–Kier alpha value is -3.29. The van der Waals surface area contributed by atoms with Crippen molar-refractivity contribution in [1.29, 1.82) is 0 Å². The first-order valence-electron chi connectivity index (χ1n) is 7.45. The molecule has 0 aliphatic heterocycles. The predicted molar refractivity (Wildman–Crippen MR) is 90.0 cm³/mol. The van der Waals surface area contributed by atoms with Crippen molar-refractivity contribution in [3.63, 3.8) is 0 Å². The monoisotopic (exact) mass is 341 g/mol. The maximum atomic E-state index is 14.2. The molecule has 0 radical (unpaired) electrons. The third kappa shape index (κ3) is 3.47. The Labute approximate surface area is 143 Å². The van der Waals surface area contributed by atoms with Gasteiger partial charge in [0, 0.05) is 25.0 Å². The number of hydrogen-bond donors (Lipinski definition) is 1. The van der Waals surface area contributed by atoms with E-state index in [1.807, 2.05) is 6.92 Å². The lowest BCUT2D eigenvalue weighted by molar-refractivity contribution is 0.0595. The van der Waals surface area contributed by atoms with Crippen LogP contribution in [0.4, 0.5) is 16.0 Å². The topological polar surface area (TPSA) is 81.9 Å². The normalized spacial score (nSPS) is 10.6. The Kier molecular flexibility index (Phi) is 4.42. The number of benzene rings is 1. The van der Waals surface area contributed by atoms with Crippen molar-refractivity contribution < 1.29 is 13.9 Å². The van der Waals surface area contributed by atoms with E-state index in [0.717, 1.165) is 11.3 Å². The molecule has 1 aromatic carbocycles. The van der Waals surface area contributed by atoms with Gasteiger partial charge < -0.3 is 10.1 Å². The van der Waals surface area contributed by atoms with Gasteiger partial charge in [0.1, 0.15) is 5.82 Å². The summed E-state index contributed by atoms with van der Waals surface area (Å²) in [5.74, 6) is -1.02. The summed E-state index contributed by atoms with van der Waals surface area (Å²) in [6.07, 6.45) is 5.08. The third-order valence-corrected chi connectivity index (χ3v) is 3.58. The highest BCUT2D eigenvalue weighted by atomic mass is 19.1. The number of methoxy groups -OCH3 is 1. The van der Waals surface area contributed by atoms with Crippen molar-refractivity contribution in [2.75, 3.05) is 12.4 Å². The molecule has 0 aliphatic carbocycles. The van der Waals surface area contributed by atoms with E-state index in [1.165, 1.54) is 19.2 Å². The maximum Gasteiger partial charge on any atom is 0.340 e. The number of nitrogens with zero attached hydrogens (tertiary/aromatic N) is 4. The van der Waals surface area contributed by atoms with Gasteiger partial charge in [0.15, 0.2) is 0 Å². The minimum Gasteiger partial charge on any atom is -0.465 e. The zero-order valence-corrected chi connectivity index (χ0v) is 13.9. The van der Waals surface area contributed by atoms with E-state index < -0.39 is 11.8 Å². The van der Waals surface area contributed by atoms with Crippen molar-refractivity contribution >= 4 is 17.6 Å². The second-order valence-electron chi connectivity index (χ2n) is 5.44. The van der Waals surface area contributed by atoms with E-state index >= 15 is 0 Å². The van der Waals surface area contributed by atoms with Crippen LogP contribution in [0, 0.1) is 12.7 Å². The van der Waals surface area contributed by atoms with Crippen LogP contribution >= 0.6 is 0 Å². The highest BCUT2D eigenvalue weighted by Gasteiger charge is 2.15. The van der Waals surface area contributed by atoms with Gasteiger partial charge in [-0.15, -0.1) is 0 Å². The molecule has 0 aliphatic rings. The highest BCUT2D eigenvalue weighted by molar-refractivity contribution is 5.90. The number of aromatic nitrogens is 4. The summed E-state index contributed by atoms with van der Waals surface area (Å²) in [5, 5.41) is 7.10. The summed E-state index contributed by atoms with van der Waals surface area (Å²) in [6, 6.07) is 4.26.